The van der Waals surface area contributed by atoms with Gasteiger partial charge in [0.05, 0.1) is 24.1 Å². The van der Waals surface area contributed by atoms with E-state index >= 15 is 0 Å². The Morgan fingerprint density at radius 3 is 2.38 bits per heavy atom. The molecule has 0 radical (unpaired) electrons. The van der Waals surface area contributed by atoms with Crippen LogP contribution in [0.1, 0.15) is 43.8 Å². The monoisotopic (exact) mass is 346 g/mol. The van der Waals surface area contributed by atoms with E-state index in [4.69, 9.17) is 14.9 Å². The van der Waals surface area contributed by atoms with Gasteiger partial charge in [0, 0.05) is 6.42 Å². The summed E-state index contributed by atoms with van der Waals surface area (Å²) in [7, 11) is 0. The number of nitrogens with one attached hydrogen (secondary N) is 1. The predicted molar refractivity (Wildman–Crippen MR) is 90.1 cm³/mol. The first kappa shape index (κ1) is 16.6. The Balaban J connectivity index is 2.01. The maximum absolute atomic E-state index is 10.2. The number of hydrogen-bond donors (Lipinski definition) is 1. The molecule has 6 nitrogen and oxygen atoms in total. The second-order valence-corrected chi connectivity index (χ2v) is 7.25. The number of benzene rings is 1. The topological polar surface area (TPSA) is 114 Å². The van der Waals surface area contributed by atoms with Gasteiger partial charge in [0.25, 0.3) is 0 Å². The fraction of sp³-hybridized carbons (Fsp3) is 0.500. The van der Waals surface area contributed by atoms with E-state index in [2.05, 4.69) is 18.2 Å². The molecule has 4 atom stereocenters. The van der Waals surface area contributed by atoms with Gasteiger partial charge in [-0.05, 0) is 18.4 Å². The molecule has 2 heterocycles. The van der Waals surface area contributed by atoms with Crippen LogP contribution in [0.4, 0.5) is 0 Å². The van der Waals surface area contributed by atoms with Crippen molar-refractivity contribution < 1.29 is 9.47 Å². The lowest BCUT2D eigenvalue weighted by Gasteiger charge is -2.49. The fourth-order valence-corrected chi connectivity index (χ4v) is 4.97. The highest BCUT2D eigenvalue weighted by atomic mass is 16.7. The third kappa shape index (κ3) is 1.74. The van der Waals surface area contributed by atoms with Crippen molar-refractivity contribution in [3.05, 3.63) is 35.9 Å². The smallest absolute Gasteiger partial charge is 0.217 e. The quantitative estimate of drug-likeness (QED) is 0.834. The SMILES string of the molecule is N#CC1(C#N)[C@@H](c2ccccc2)O[C@@]23CCCCC[C@H]2[C@]1(C#N)C(=N)O3. The average molecular weight is 346 g/mol. The van der Waals surface area contributed by atoms with Gasteiger partial charge < -0.3 is 9.47 Å². The highest BCUT2D eigenvalue weighted by Gasteiger charge is 2.80. The Kier molecular flexibility index (Phi) is 3.55. The van der Waals surface area contributed by atoms with Crippen LogP contribution in [-0.2, 0) is 9.47 Å². The van der Waals surface area contributed by atoms with Gasteiger partial charge in [-0.25, -0.2) is 0 Å². The Bertz CT molecular complexity index is 864. The normalized spacial score (nSPS) is 37.2. The Hall–Kier alpha value is -2.88. The highest BCUT2D eigenvalue weighted by molar-refractivity contribution is 5.89. The Labute approximate surface area is 152 Å². The summed E-state index contributed by atoms with van der Waals surface area (Å²) >= 11 is 0. The zero-order chi connectivity index (χ0) is 18.4. The van der Waals surface area contributed by atoms with Crippen molar-refractivity contribution in [3.8, 4) is 18.2 Å². The molecular formula is C20H18N4O2. The number of rotatable bonds is 1. The summed E-state index contributed by atoms with van der Waals surface area (Å²) in [6.45, 7) is 0. The molecule has 1 aromatic carbocycles. The summed E-state index contributed by atoms with van der Waals surface area (Å²) in [5, 5.41) is 38.9. The van der Waals surface area contributed by atoms with Gasteiger partial charge in [-0.3, -0.25) is 5.41 Å². The van der Waals surface area contributed by atoms with Gasteiger partial charge in [0.2, 0.25) is 17.1 Å². The predicted octanol–water partition coefficient (Wildman–Crippen LogP) is 3.59. The van der Waals surface area contributed by atoms with Gasteiger partial charge >= 0.3 is 0 Å². The molecular weight excluding hydrogens is 328 g/mol. The fourth-order valence-electron chi connectivity index (χ4n) is 4.97. The van der Waals surface area contributed by atoms with Crippen LogP contribution in [0.15, 0.2) is 30.3 Å². The van der Waals surface area contributed by atoms with Crippen molar-refractivity contribution in [1.29, 1.82) is 21.2 Å². The first-order valence-electron chi connectivity index (χ1n) is 8.85. The minimum Gasteiger partial charge on any atom is -0.447 e. The summed E-state index contributed by atoms with van der Waals surface area (Å²) in [5.74, 6) is -1.90. The lowest BCUT2D eigenvalue weighted by molar-refractivity contribution is -0.284. The van der Waals surface area contributed by atoms with Gasteiger partial charge in [-0.2, -0.15) is 15.8 Å². The van der Waals surface area contributed by atoms with Crippen LogP contribution in [0.2, 0.25) is 0 Å². The minimum atomic E-state index is -1.84. The Morgan fingerprint density at radius 2 is 1.73 bits per heavy atom. The summed E-state index contributed by atoms with van der Waals surface area (Å²) in [4.78, 5) is 0. The lowest BCUT2D eigenvalue weighted by Crippen LogP contribution is -2.59. The standard InChI is InChI=1S/C20H18N4O2/c21-11-18(12-22)16(14-7-3-1-4-8-14)25-20-10-6-2-5-9-15(20)19(18,13-23)17(24)26-20/h1,3-4,7-8,15-16,24H,2,5-6,9-10H2/t15-,16+,19+,20+/m0/s1. The van der Waals surface area contributed by atoms with Gasteiger partial charge in [0.1, 0.15) is 6.10 Å². The first-order chi connectivity index (χ1) is 12.6. The third-order valence-electron chi connectivity index (χ3n) is 6.17. The molecule has 6 heteroatoms. The van der Waals surface area contributed by atoms with Crippen molar-refractivity contribution in [2.24, 2.45) is 16.7 Å². The van der Waals surface area contributed by atoms with Crippen LogP contribution < -0.4 is 0 Å². The van der Waals surface area contributed by atoms with Crippen molar-refractivity contribution in [2.45, 2.75) is 44.0 Å². The van der Waals surface area contributed by atoms with Gasteiger partial charge in [-0.1, -0.05) is 43.2 Å². The summed E-state index contributed by atoms with van der Waals surface area (Å²) < 4.78 is 12.3. The number of hydrogen-bond acceptors (Lipinski definition) is 6. The second kappa shape index (κ2) is 5.56. The molecule has 1 aromatic rings. The van der Waals surface area contributed by atoms with Crippen LogP contribution in [-0.4, -0.2) is 11.7 Å². The molecule has 0 spiro atoms. The van der Waals surface area contributed by atoms with Crippen LogP contribution in [0, 0.1) is 56.2 Å². The maximum atomic E-state index is 10.2. The molecule has 1 saturated carbocycles. The van der Waals surface area contributed by atoms with Gasteiger partial charge in [-0.15, -0.1) is 0 Å². The van der Waals surface area contributed by atoms with E-state index in [-0.39, 0.29) is 5.90 Å². The average Bonchev–Trinajstić information content (AvgIpc) is 2.81. The molecule has 0 amide bonds. The van der Waals surface area contributed by atoms with E-state index in [1.165, 1.54) is 0 Å². The molecule has 4 rings (SSSR count). The Morgan fingerprint density at radius 1 is 1.00 bits per heavy atom. The molecule has 2 saturated heterocycles. The van der Waals surface area contributed by atoms with E-state index in [0.717, 1.165) is 19.3 Å². The second-order valence-electron chi connectivity index (χ2n) is 7.25. The molecule has 0 unspecified atom stereocenters. The molecule has 3 aliphatic rings. The van der Waals surface area contributed by atoms with E-state index in [0.29, 0.717) is 18.4 Å². The van der Waals surface area contributed by atoms with Gasteiger partial charge in [0.15, 0.2) is 5.41 Å². The van der Waals surface area contributed by atoms with Crippen LogP contribution in [0.25, 0.3) is 0 Å². The summed E-state index contributed by atoms with van der Waals surface area (Å²) in [5.41, 5.74) is -2.81. The largest absolute Gasteiger partial charge is 0.447 e. The van der Waals surface area contributed by atoms with Crippen molar-refractivity contribution >= 4 is 5.90 Å². The van der Waals surface area contributed by atoms with Crippen molar-refractivity contribution in [1.82, 2.24) is 0 Å². The molecule has 3 fully saturated rings. The van der Waals surface area contributed by atoms with Crippen LogP contribution in [0.3, 0.4) is 0 Å². The highest BCUT2D eigenvalue weighted by Crippen LogP contribution is 2.68. The molecule has 2 bridgehead atoms. The zero-order valence-electron chi connectivity index (χ0n) is 14.2. The van der Waals surface area contributed by atoms with Crippen molar-refractivity contribution in [3.63, 3.8) is 0 Å². The summed E-state index contributed by atoms with van der Waals surface area (Å²) in [6.07, 6.45) is 2.90. The minimum absolute atomic E-state index is 0.298. The molecule has 0 aromatic heterocycles. The van der Waals surface area contributed by atoms with Crippen molar-refractivity contribution in [2.75, 3.05) is 0 Å². The van der Waals surface area contributed by atoms with E-state index in [1.807, 2.05) is 18.2 Å². The zero-order valence-corrected chi connectivity index (χ0v) is 14.2. The number of nitriles is 3. The molecule has 26 heavy (non-hydrogen) atoms. The number of ether oxygens (including phenoxy) is 2. The summed E-state index contributed by atoms with van der Waals surface area (Å²) in [6, 6.07) is 15.4. The van der Waals surface area contributed by atoms with Crippen LogP contribution in [0.5, 0.6) is 0 Å². The molecule has 2 aliphatic heterocycles. The maximum Gasteiger partial charge on any atom is 0.217 e. The first-order valence-corrected chi connectivity index (χ1v) is 8.85. The molecule has 1 aliphatic carbocycles. The van der Waals surface area contributed by atoms with E-state index in [1.54, 1.807) is 12.1 Å². The lowest BCUT2D eigenvalue weighted by atomic mass is 9.52. The molecule has 130 valence electrons. The van der Waals surface area contributed by atoms with Crippen LogP contribution >= 0.6 is 0 Å². The number of nitrogens with zero attached hydrogens (tertiary/aromatic N) is 3. The van der Waals surface area contributed by atoms with E-state index < -0.39 is 28.6 Å². The third-order valence-corrected chi connectivity index (χ3v) is 6.17. The molecule has 1 N–H and O–H groups in total. The van der Waals surface area contributed by atoms with E-state index in [9.17, 15) is 15.8 Å².